The van der Waals surface area contributed by atoms with Gasteiger partial charge in [0.05, 0.1) is 0 Å². The summed E-state index contributed by atoms with van der Waals surface area (Å²) < 4.78 is 3.96. The third-order valence-corrected chi connectivity index (χ3v) is 15.5. The molecule has 7 aromatic carbocycles. The van der Waals surface area contributed by atoms with Crippen molar-refractivity contribution < 1.29 is 0 Å². The molecule has 0 saturated heterocycles. The van der Waals surface area contributed by atoms with Crippen LogP contribution < -0.4 is 4.90 Å². The van der Waals surface area contributed by atoms with Crippen LogP contribution in [-0.2, 0) is 5.41 Å². The lowest BCUT2D eigenvalue weighted by molar-refractivity contribution is 0.318. The molecule has 1 aliphatic rings. The average Bonchev–Trinajstić information content (AvgIpc) is 4.00. The minimum Gasteiger partial charge on any atom is -0.310 e. The monoisotopic (exact) mass is 901 g/mol. The van der Waals surface area contributed by atoms with Crippen LogP contribution in [0.25, 0.3) is 63.6 Å². The molecule has 0 atom stereocenters. The van der Waals surface area contributed by atoms with Crippen LogP contribution in [0.15, 0.2) is 200 Å². The molecule has 0 unspecified atom stereocenters. The average molecular weight is 902 g/mol. The Kier molecular flexibility index (Phi) is 13.5. The van der Waals surface area contributed by atoms with Crippen LogP contribution in [0, 0.1) is 11.3 Å². The van der Waals surface area contributed by atoms with Gasteiger partial charge in [0, 0.05) is 58.3 Å². The molecule has 0 saturated carbocycles. The van der Waals surface area contributed by atoms with Gasteiger partial charge in [-0.3, -0.25) is 0 Å². The summed E-state index contributed by atoms with van der Waals surface area (Å²) in [5.41, 5.74) is 15.4. The maximum Gasteiger partial charge on any atom is 0.0468 e. The lowest BCUT2D eigenvalue weighted by Crippen LogP contribution is -2.20. The molecule has 4 heteroatoms. The molecule has 2 heterocycles. The molecule has 2 aromatic heterocycles. The zero-order chi connectivity index (χ0) is 45.9. The Morgan fingerprint density at radius 1 is 0.585 bits per heavy atom. The summed E-state index contributed by atoms with van der Waals surface area (Å²) in [6.45, 7) is 19.8. The standard InChI is InChI=1S/C47H33NS2.C13H22.CH4S/c1-47(2)42-26-31(17-21-36(42)37-22-18-32(27-43(37)47)41-29-49-44-16-10-9-15-38(41)44)30-19-23-45-39(25-30)40-28-35(20-24-46(40)50-45)48(33-11-5-3-6-12-33)34-13-7-4-8-14-34;1-7-8-9-10-12(4)13(5,6)11(2)3;1-2/h3-29H,1-2H3;7-11H,4H2,1-3,5-6H3;2H,1H3/b;8-7-,10-9-;. The van der Waals surface area contributed by atoms with Gasteiger partial charge in [0.15, 0.2) is 0 Å². The first kappa shape index (κ1) is 45.7. The highest BCUT2D eigenvalue weighted by Crippen LogP contribution is 2.51. The Balaban J connectivity index is 0.000000334. The number of fused-ring (bicyclic) bond motifs is 7. The summed E-state index contributed by atoms with van der Waals surface area (Å²) in [4.78, 5) is 2.35. The van der Waals surface area contributed by atoms with Gasteiger partial charge in [-0.15, -0.1) is 22.7 Å². The maximum absolute atomic E-state index is 4.10. The van der Waals surface area contributed by atoms with E-state index < -0.39 is 0 Å². The quantitative estimate of drug-likeness (QED) is 0.112. The SMILES string of the molecule is C=C(/C=C\C=C/C)C(C)(C)C(C)C.CC1(C)c2cc(-c3ccc4sc5ccc(N(c6ccccc6)c6ccccc6)cc5c4c3)ccc2-c2ccc(-c3csc4ccccc34)cc21.CS. The number of hydrogen-bond acceptors (Lipinski definition) is 4. The molecule has 1 aliphatic carbocycles. The van der Waals surface area contributed by atoms with E-state index in [4.69, 9.17) is 0 Å². The van der Waals surface area contributed by atoms with Gasteiger partial charge in [-0.2, -0.15) is 12.6 Å². The maximum atomic E-state index is 4.10. The predicted octanol–water partition coefficient (Wildman–Crippen LogP) is 19.3. The molecule has 326 valence electrons. The topological polar surface area (TPSA) is 3.24 Å². The van der Waals surface area contributed by atoms with Gasteiger partial charge in [-0.05, 0) is 147 Å². The van der Waals surface area contributed by atoms with Gasteiger partial charge in [0.2, 0.25) is 0 Å². The normalized spacial score (nSPS) is 12.9. The first-order valence-electron chi connectivity index (χ1n) is 22.5. The highest BCUT2D eigenvalue weighted by atomic mass is 32.1. The van der Waals surface area contributed by atoms with E-state index in [2.05, 4.69) is 235 Å². The molecule has 0 aliphatic heterocycles. The van der Waals surface area contributed by atoms with E-state index >= 15 is 0 Å². The van der Waals surface area contributed by atoms with Gasteiger partial charge in [0.1, 0.15) is 0 Å². The third-order valence-electron chi connectivity index (χ3n) is 13.4. The number of rotatable bonds is 9. The number of hydrogen-bond donors (Lipinski definition) is 1. The number of anilines is 3. The first-order chi connectivity index (χ1) is 31.4. The van der Waals surface area contributed by atoms with Crippen molar-refractivity contribution in [3.8, 4) is 33.4 Å². The van der Waals surface area contributed by atoms with Crippen molar-refractivity contribution in [2.24, 2.45) is 11.3 Å². The van der Waals surface area contributed by atoms with Crippen molar-refractivity contribution in [2.45, 2.75) is 53.9 Å². The smallest absolute Gasteiger partial charge is 0.0468 e. The van der Waals surface area contributed by atoms with Gasteiger partial charge >= 0.3 is 0 Å². The van der Waals surface area contributed by atoms with Crippen LogP contribution in [-0.4, -0.2) is 6.26 Å². The van der Waals surface area contributed by atoms with Crippen LogP contribution in [0.2, 0.25) is 0 Å². The fourth-order valence-electron chi connectivity index (χ4n) is 8.84. The van der Waals surface area contributed by atoms with Crippen molar-refractivity contribution in [1.29, 1.82) is 0 Å². The molecule has 65 heavy (non-hydrogen) atoms. The van der Waals surface area contributed by atoms with Gasteiger partial charge in [-0.25, -0.2) is 0 Å². The second-order valence-corrected chi connectivity index (χ2v) is 20.1. The molecule has 0 amide bonds. The van der Waals surface area contributed by atoms with E-state index in [0.717, 1.165) is 17.1 Å². The molecule has 0 fully saturated rings. The second-order valence-electron chi connectivity index (χ2n) is 18.1. The van der Waals surface area contributed by atoms with Gasteiger partial charge < -0.3 is 4.90 Å². The number of para-hydroxylation sites is 2. The summed E-state index contributed by atoms with van der Waals surface area (Å²) in [5.74, 6) is 0.621. The number of thiol groups is 1. The van der Waals surface area contributed by atoms with Crippen molar-refractivity contribution in [2.75, 3.05) is 11.2 Å². The van der Waals surface area contributed by atoms with Crippen LogP contribution in [0.3, 0.4) is 0 Å². The Morgan fingerprint density at radius 2 is 1.12 bits per heavy atom. The Hall–Kier alpha value is -5.91. The van der Waals surface area contributed by atoms with E-state index in [1.807, 2.05) is 47.8 Å². The molecule has 1 nitrogen and oxygen atoms in total. The molecule has 0 spiro atoms. The molecular weight excluding hydrogens is 843 g/mol. The van der Waals surface area contributed by atoms with E-state index in [-0.39, 0.29) is 10.8 Å². The van der Waals surface area contributed by atoms with E-state index in [1.54, 1.807) is 6.26 Å². The number of thiophene rings is 2. The van der Waals surface area contributed by atoms with Crippen LogP contribution >= 0.6 is 35.3 Å². The van der Waals surface area contributed by atoms with Gasteiger partial charge in [-0.1, -0.05) is 157 Å². The van der Waals surface area contributed by atoms with E-state index in [1.165, 1.54) is 80.3 Å². The van der Waals surface area contributed by atoms with Crippen molar-refractivity contribution >= 4 is 82.6 Å². The highest BCUT2D eigenvalue weighted by Gasteiger charge is 2.36. The largest absolute Gasteiger partial charge is 0.310 e. The Bertz CT molecular complexity index is 3140. The molecule has 0 N–H and O–H groups in total. The molecule has 0 radical (unpaired) electrons. The zero-order valence-corrected chi connectivity index (χ0v) is 41.4. The summed E-state index contributed by atoms with van der Waals surface area (Å²) in [6.07, 6.45) is 9.89. The summed E-state index contributed by atoms with van der Waals surface area (Å²) in [6, 6.07) is 58.2. The fourth-order valence-corrected chi connectivity index (χ4v) is 10.9. The molecule has 10 rings (SSSR count). The fraction of sp³-hybridized carbons (Fsp3) is 0.180. The Labute approximate surface area is 400 Å². The molecule has 0 bridgehead atoms. The lowest BCUT2D eigenvalue weighted by Gasteiger charge is -2.30. The predicted molar refractivity (Wildman–Crippen MR) is 294 cm³/mol. The van der Waals surface area contributed by atoms with Gasteiger partial charge in [0.25, 0.3) is 0 Å². The summed E-state index contributed by atoms with van der Waals surface area (Å²) in [7, 11) is 0. The minimum absolute atomic E-state index is 0.102. The van der Waals surface area contributed by atoms with E-state index in [0.29, 0.717) is 5.92 Å². The lowest BCUT2D eigenvalue weighted by atomic mass is 9.75. The van der Waals surface area contributed by atoms with Crippen molar-refractivity contribution in [1.82, 2.24) is 0 Å². The minimum atomic E-state index is -0.102. The van der Waals surface area contributed by atoms with Crippen molar-refractivity contribution in [3.05, 3.63) is 211 Å². The van der Waals surface area contributed by atoms with E-state index in [9.17, 15) is 0 Å². The highest BCUT2D eigenvalue weighted by molar-refractivity contribution is 7.79. The van der Waals surface area contributed by atoms with Crippen LogP contribution in [0.5, 0.6) is 0 Å². The summed E-state index contributed by atoms with van der Waals surface area (Å²) in [5, 5.41) is 6.25. The van der Waals surface area contributed by atoms with Crippen LogP contribution in [0.1, 0.15) is 59.6 Å². The molecular formula is C61H59NS3. The number of benzene rings is 7. The van der Waals surface area contributed by atoms with Crippen molar-refractivity contribution in [3.63, 3.8) is 0 Å². The molecule has 9 aromatic rings. The second kappa shape index (κ2) is 19.3. The van der Waals surface area contributed by atoms with Crippen LogP contribution in [0.4, 0.5) is 17.1 Å². The summed E-state index contributed by atoms with van der Waals surface area (Å²) >= 11 is 7.23. The Morgan fingerprint density at radius 3 is 1.75 bits per heavy atom. The third kappa shape index (κ3) is 8.93. The number of nitrogens with zero attached hydrogens (tertiary/aromatic N) is 1. The number of allylic oxidation sites excluding steroid dienone is 5. The first-order valence-corrected chi connectivity index (χ1v) is 25.1. The zero-order valence-electron chi connectivity index (χ0n) is 38.9.